The number of alkyl halides is 3. The Morgan fingerprint density at radius 1 is 0.941 bits per heavy atom. The molecule has 34 heavy (non-hydrogen) atoms. The van der Waals surface area contributed by atoms with Gasteiger partial charge < -0.3 is 13.9 Å². The van der Waals surface area contributed by atoms with Crippen LogP contribution in [0.3, 0.4) is 0 Å². The number of carbonyl (C=O) groups is 1. The molecule has 0 atom stereocenters. The van der Waals surface area contributed by atoms with E-state index in [4.69, 9.17) is 37.1 Å². The minimum Gasteiger partial charge on any atom is -0.482 e. The quantitative estimate of drug-likeness (QED) is 0.220. The molecule has 174 valence electrons. The lowest BCUT2D eigenvalue weighted by Gasteiger charge is -2.14. The van der Waals surface area contributed by atoms with Gasteiger partial charge in [0.05, 0.1) is 10.9 Å². The molecule has 3 aromatic carbocycles. The van der Waals surface area contributed by atoms with Crippen molar-refractivity contribution < 1.29 is 31.9 Å². The fourth-order valence-corrected chi connectivity index (χ4v) is 3.54. The number of carbonyl (C=O) groups excluding carboxylic acids is 1. The molecular formula is C24H13Cl2F3O5. The van der Waals surface area contributed by atoms with E-state index in [1.807, 2.05) is 0 Å². The molecule has 0 spiro atoms. The van der Waals surface area contributed by atoms with Gasteiger partial charge in [0.1, 0.15) is 17.1 Å². The van der Waals surface area contributed by atoms with Crippen molar-refractivity contribution in [1.82, 2.24) is 0 Å². The number of fused-ring (bicyclic) bond motifs is 1. The Morgan fingerprint density at radius 3 is 2.29 bits per heavy atom. The maximum absolute atomic E-state index is 13.8. The average molecular weight is 509 g/mol. The van der Waals surface area contributed by atoms with Crippen LogP contribution in [-0.4, -0.2) is 12.6 Å². The summed E-state index contributed by atoms with van der Waals surface area (Å²) in [5, 5.41) is 0.314. The van der Waals surface area contributed by atoms with E-state index in [0.29, 0.717) is 10.8 Å². The first-order valence-corrected chi connectivity index (χ1v) is 10.4. The van der Waals surface area contributed by atoms with E-state index in [1.165, 1.54) is 36.4 Å². The molecule has 0 radical (unpaired) electrons. The van der Waals surface area contributed by atoms with Gasteiger partial charge in [0.25, 0.3) is 0 Å². The van der Waals surface area contributed by atoms with Crippen molar-refractivity contribution >= 4 is 40.1 Å². The average Bonchev–Trinajstić information content (AvgIpc) is 2.78. The van der Waals surface area contributed by atoms with Crippen molar-refractivity contribution in [2.24, 2.45) is 0 Å². The number of hydrogen-bond donors (Lipinski definition) is 0. The van der Waals surface area contributed by atoms with Crippen molar-refractivity contribution in [3.63, 3.8) is 0 Å². The van der Waals surface area contributed by atoms with Gasteiger partial charge in [-0.15, -0.1) is 0 Å². The molecule has 10 heteroatoms. The lowest BCUT2D eigenvalue weighted by molar-refractivity contribution is -0.152. The van der Waals surface area contributed by atoms with Crippen LogP contribution in [0.1, 0.15) is 5.76 Å². The molecule has 0 saturated heterocycles. The first kappa shape index (κ1) is 23.7. The van der Waals surface area contributed by atoms with Crippen LogP contribution in [0.4, 0.5) is 13.2 Å². The van der Waals surface area contributed by atoms with Crippen molar-refractivity contribution in [2.75, 3.05) is 6.61 Å². The summed E-state index contributed by atoms with van der Waals surface area (Å²) in [7, 11) is 0. The Bertz CT molecular complexity index is 1430. The lowest BCUT2D eigenvalue weighted by atomic mass is 10.0. The van der Waals surface area contributed by atoms with Crippen molar-refractivity contribution in [3.8, 4) is 22.6 Å². The summed E-state index contributed by atoms with van der Waals surface area (Å²) in [6.07, 6.45) is -4.99. The van der Waals surface area contributed by atoms with Crippen molar-refractivity contribution in [3.05, 3.63) is 92.8 Å². The number of rotatable bonds is 5. The molecule has 0 bridgehead atoms. The molecule has 4 rings (SSSR count). The second kappa shape index (κ2) is 9.40. The van der Waals surface area contributed by atoms with Gasteiger partial charge in [-0.3, -0.25) is 4.79 Å². The molecular weight excluding hydrogens is 496 g/mol. The summed E-state index contributed by atoms with van der Waals surface area (Å²) in [5.74, 6) is -2.08. The minimum atomic E-state index is -4.99. The molecule has 1 aromatic heterocycles. The molecule has 5 nitrogen and oxygen atoms in total. The molecule has 0 aliphatic carbocycles. The standard InChI is InChI=1S/C24H13Cl2F3O5/c25-13-5-7-14(8-6-13)32-12-20(30)33-15-9-10-17-19(11-15)34-23(24(27,28)29)21(22(17)31)16-3-1-2-4-18(16)26/h1-11H,12H2. The zero-order valence-electron chi connectivity index (χ0n) is 17.0. The number of ether oxygens (including phenoxy) is 2. The first-order chi connectivity index (χ1) is 16.1. The molecule has 0 fully saturated rings. The fraction of sp³-hybridized carbons (Fsp3) is 0.0833. The largest absolute Gasteiger partial charge is 0.482 e. The summed E-state index contributed by atoms with van der Waals surface area (Å²) in [5.41, 5.74) is -2.14. The van der Waals surface area contributed by atoms with Crippen LogP contribution in [0.25, 0.3) is 22.1 Å². The molecule has 0 unspecified atom stereocenters. The van der Waals surface area contributed by atoms with Gasteiger partial charge in [-0.2, -0.15) is 13.2 Å². The molecule has 4 aromatic rings. The van der Waals surface area contributed by atoms with Gasteiger partial charge in [0, 0.05) is 21.7 Å². The van der Waals surface area contributed by atoms with Crippen LogP contribution in [-0.2, 0) is 11.0 Å². The van der Waals surface area contributed by atoms with Gasteiger partial charge in [0.2, 0.25) is 11.2 Å². The molecule has 0 N–H and O–H groups in total. The van der Waals surface area contributed by atoms with Gasteiger partial charge in [0.15, 0.2) is 6.61 Å². The summed E-state index contributed by atoms with van der Waals surface area (Å²) >= 11 is 11.8. The minimum absolute atomic E-state index is 0.0362. The summed E-state index contributed by atoms with van der Waals surface area (Å²) < 4.78 is 56.8. The van der Waals surface area contributed by atoms with Crippen LogP contribution < -0.4 is 14.9 Å². The van der Waals surface area contributed by atoms with E-state index >= 15 is 0 Å². The van der Waals surface area contributed by atoms with Crippen molar-refractivity contribution in [2.45, 2.75) is 6.18 Å². The smallest absolute Gasteiger partial charge is 0.450 e. The second-order valence-electron chi connectivity index (χ2n) is 6.99. The number of benzene rings is 3. The topological polar surface area (TPSA) is 65.7 Å². The Labute approximate surface area is 200 Å². The predicted octanol–water partition coefficient (Wildman–Crippen LogP) is 6.77. The van der Waals surface area contributed by atoms with E-state index in [2.05, 4.69) is 0 Å². The highest BCUT2D eigenvalue weighted by Gasteiger charge is 2.39. The van der Waals surface area contributed by atoms with Crippen LogP contribution in [0.15, 0.2) is 75.9 Å². The lowest BCUT2D eigenvalue weighted by Crippen LogP contribution is -2.18. The predicted molar refractivity (Wildman–Crippen MR) is 121 cm³/mol. The maximum atomic E-state index is 13.8. The maximum Gasteiger partial charge on any atom is 0.450 e. The van der Waals surface area contributed by atoms with Crippen LogP contribution in [0.5, 0.6) is 11.5 Å². The fourth-order valence-electron chi connectivity index (χ4n) is 3.18. The highest BCUT2D eigenvalue weighted by Crippen LogP contribution is 2.39. The van der Waals surface area contributed by atoms with Crippen LogP contribution in [0, 0.1) is 0 Å². The van der Waals surface area contributed by atoms with Crippen molar-refractivity contribution in [1.29, 1.82) is 0 Å². The second-order valence-corrected chi connectivity index (χ2v) is 7.83. The highest BCUT2D eigenvalue weighted by molar-refractivity contribution is 6.33. The van der Waals surface area contributed by atoms with E-state index in [9.17, 15) is 22.8 Å². The third kappa shape index (κ3) is 5.03. The van der Waals surface area contributed by atoms with E-state index in [1.54, 1.807) is 24.3 Å². The molecule has 0 aliphatic rings. The van der Waals surface area contributed by atoms with Gasteiger partial charge in [-0.05, 0) is 42.5 Å². The van der Waals surface area contributed by atoms with E-state index < -0.39 is 41.1 Å². The summed E-state index contributed by atoms with van der Waals surface area (Å²) in [6.45, 7) is -0.469. The monoisotopic (exact) mass is 508 g/mol. The summed E-state index contributed by atoms with van der Waals surface area (Å²) in [6, 6.07) is 15.4. The SMILES string of the molecule is O=C(COc1ccc(Cl)cc1)Oc1ccc2c(=O)c(-c3ccccc3Cl)c(C(F)(F)F)oc2c1. The van der Waals surface area contributed by atoms with Gasteiger partial charge in [-0.25, -0.2) is 4.79 Å². The Morgan fingerprint density at radius 2 is 1.62 bits per heavy atom. The number of esters is 1. The first-order valence-electron chi connectivity index (χ1n) is 9.65. The van der Waals surface area contributed by atoms with Gasteiger partial charge >= 0.3 is 12.1 Å². The Hall–Kier alpha value is -3.49. The molecule has 0 amide bonds. The Kier molecular flexibility index (Phi) is 6.54. The zero-order valence-corrected chi connectivity index (χ0v) is 18.5. The molecule has 0 aliphatic heterocycles. The van der Waals surface area contributed by atoms with Gasteiger partial charge in [-0.1, -0.05) is 41.4 Å². The third-order valence-electron chi connectivity index (χ3n) is 4.67. The van der Waals surface area contributed by atoms with Crippen LogP contribution in [0.2, 0.25) is 10.0 Å². The van der Waals surface area contributed by atoms with E-state index in [0.717, 1.165) is 6.07 Å². The summed E-state index contributed by atoms with van der Waals surface area (Å²) in [4.78, 5) is 25.1. The Balaban J connectivity index is 1.67. The molecule has 1 heterocycles. The highest BCUT2D eigenvalue weighted by atomic mass is 35.5. The normalized spacial score (nSPS) is 11.4. The zero-order chi connectivity index (χ0) is 24.5. The molecule has 0 saturated carbocycles. The number of hydrogen-bond acceptors (Lipinski definition) is 5. The van der Waals surface area contributed by atoms with E-state index in [-0.39, 0.29) is 21.7 Å². The third-order valence-corrected chi connectivity index (χ3v) is 5.25. The number of halogens is 5. The van der Waals surface area contributed by atoms with Crippen LogP contribution >= 0.6 is 23.2 Å².